The van der Waals surface area contributed by atoms with E-state index in [1.54, 1.807) is 37.4 Å². The van der Waals surface area contributed by atoms with Gasteiger partial charge < -0.3 is 21.1 Å². The van der Waals surface area contributed by atoms with Crippen molar-refractivity contribution in [3.63, 3.8) is 0 Å². The van der Waals surface area contributed by atoms with Gasteiger partial charge in [-0.2, -0.15) is 0 Å². The molecule has 0 spiro atoms. The van der Waals surface area contributed by atoms with Gasteiger partial charge in [-0.1, -0.05) is 6.07 Å². The minimum atomic E-state index is -0.472. The Kier molecular flexibility index (Phi) is 4.73. The SMILES string of the molecule is COc1ccc(NC(=O)Nc2cccc(F)c2CN)cc1. The maximum absolute atomic E-state index is 13.5. The zero-order valence-corrected chi connectivity index (χ0v) is 11.5. The van der Waals surface area contributed by atoms with Crippen molar-refractivity contribution in [2.24, 2.45) is 5.73 Å². The van der Waals surface area contributed by atoms with Gasteiger partial charge >= 0.3 is 6.03 Å². The third-order valence-corrected chi connectivity index (χ3v) is 2.92. The fourth-order valence-corrected chi connectivity index (χ4v) is 1.84. The number of halogens is 1. The largest absolute Gasteiger partial charge is 0.497 e. The van der Waals surface area contributed by atoms with Crippen molar-refractivity contribution in [1.29, 1.82) is 0 Å². The van der Waals surface area contributed by atoms with E-state index in [4.69, 9.17) is 10.5 Å². The second-order valence-corrected chi connectivity index (χ2v) is 4.28. The van der Waals surface area contributed by atoms with E-state index in [0.717, 1.165) is 0 Å². The molecular weight excluding hydrogens is 273 g/mol. The Morgan fingerprint density at radius 3 is 2.52 bits per heavy atom. The predicted molar refractivity (Wildman–Crippen MR) is 79.9 cm³/mol. The Bertz CT molecular complexity index is 629. The highest BCUT2D eigenvalue weighted by atomic mass is 19.1. The fourth-order valence-electron chi connectivity index (χ4n) is 1.84. The molecule has 6 heteroatoms. The molecule has 110 valence electrons. The minimum absolute atomic E-state index is 0.00478. The highest BCUT2D eigenvalue weighted by molar-refractivity contribution is 6.00. The van der Waals surface area contributed by atoms with Crippen LogP contribution in [0.4, 0.5) is 20.6 Å². The first kappa shape index (κ1) is 14.8. The average Bonchev–Trinajstić information content (AvgIpc) is 2.48. The van der Waals surface area contributed by atoms with Gasteiger partial charge in [-0.25, -0.2) is 9.18 Å². The monoisotopic (exact) mass is 289 g/mol. The van der Waals surface area contributed by atoms with Gasteiger partial charge in [0.25, 0.3) is 0 Å². The molecule has 0 saturated carbocycles. The first-order chi connectivity index (χ1) is 10.1. The fraction of sp³-hybridized carbons (Fsp3) is 0.133. The molecule has 0 atom stereocenters. The lowest BCUT2D eigenvalue weighted by molar-refractivity contribution is 0.262. The van der Waals surface area contributed by atoms with Crippen LogP contribution in [0, 0.1) is 5.82 Å². The lowest BCUT2D eigenvalue weighted by atomic mass is 10.1. The summed E-state index contributed by atoms with van der Waals surface area (Å²) in [6, 6.07) is 10.8. The second-order valence-electron chi connectivity index (χ2n) is 4.28. The Balaban J connectivity index is 2.06. The first-order valence-corrected chi connectivity index (χ1v) is 6.33. The molecular formula is C15H16FN3O2. The number of amides is 2. The lowest BCUT2D eigenvalue weighted by Crippen LogP contribution is -2.21. The van der Waals surface area contributed by atoms with E-state index in [2.05, 4.69) is 10.6 Å². The first-order valence-electron chi connectivity index (χ1n) is 6.33. The number of rotatable bonds is 4. The minimum Gasteiger partial charge on any atom is -0.497 e. The van der Waals surface area contributed by atoms with Crippen molar-refractivity contribution in [2.45, 2.75) is 6.54 Å². The van der Waals surface area contributed by atoms with Crippen LogP contribution in [-0.2, 0) is 6.54 Å². The maximum Gasteiger partial charge on any atom is 0.323 e. The number of methoxy groups -OCH3 is 1. The molecule has 0 unspecified atom stereocenters. The number of benzene rings is 2. The van der Waals surface area contributed by atoms with Crippen LogP contribution in [0.3, 0.4) is 0 Å². The van der Waals surface area contributed by atoms with Crippen LogP contribution >= 0.6 is 0 Å². The molecule has 0 aromatic heterocycles. The molecule has 0 aliphatic heterocycles. The van der Waals surface area contributed by atoms with Gasteiger partial charge in [0, 0.05) is 23.5 Å². The number of nitrogens with one attached hydrogen (secondary N) is 2. The molecule has 21 heavy (non-hydrogen) atoms. The highest BCUT2D eigenvalue weighted by Crippen LogP contribution is 2.19. The lowest BCUT2D eigenvalue weighted by Gasteiger charge is -2.11. The molecule has 0 saturated heterocycles. The Hall–Kier alpha value is -2.60. The molecule has 2 rings (SSSR count). The van der Waals surface area contributed by atoms with Crippen molar-refractivity contribution >= 4 is 17.4 Å². The molecule has 0 fully saturated rings. The van der Waals surface area contributed by atoms with Crippen molar-refractivity contribution in [1.82, 2.24) is 0 Å². The number of carbonyl (C=O) groups excluding carboxylic acids is 1. The van der Waals surface area contributed by atoms with Gasteiger partial charge in [0.1, 0.15) is 11.6 Å². The van der Waals surface area contributed by atoms with Gasteiger partial charge in [-0.05, 0) is 36.4 Å². The molecule has 5 nitrogen and oxygen atoms in total. The second kappa shape index (κ2) is 6.71. The topological polar surface area (TPSA) is 76.4 Å². The summed E-state index contributed by atoms with van der Waals surface area (Å²) in [5.74, 6) is 0.247. The number of hydrogen-bond acceptors (Lipinski definition) is 3. The summed E-state index contributed by atoms with van der Waals surface area (Å²) in [6.07, 6.45) is 0. The van der Waals surface area contributed by atoms with Crippen molar-refractivity contribution in [3.8, 4) is 5.75 Å². The van der Waals surface area contributed by atoms with E-state index < -0.39 is 11.8 Å². The van der Waals surface area contributed by atoms with E-state index in [-0.39, 0.29) is 12.1 Å². The van der Waals surface area contributed by atoms with Crippen LogP contribution in [0.15, 0.2) is 42.5 Å². The van der Waals surface area contributed by atoms with Crippen LogP contribution in [-0.4, -0.2) is 13.1 Å². The van der Waals surface area contributed by atoms with E-state index >= 15 is 0 Å². The van der Waals surface area contributed by atoms with Crippen LogP contribution in [0.25, 0.3) is 0 Å². The molecule has 0 aliphatic carbocycles. The smallest absolute Gasteiger partial charge is 0.323 e. The molecule has 0 radical (unpaired) electrons. The summed E-state index contributed by atoms with van der Waals surface area (Å²) in [7, 11) is 1.56. The van der Waals surface area contributed by atoms with Crippen molar-refractivity contribution < 1.29 is 13.9 Å². The third-order valence-electron chi connectivity index (χ3n) is 2.92. The number of anilines is 2. The Morgan fingerprint density at radius 1 is 1.19 bits per heavy atom. The van der Waals surface area contributed by atoms with E-state index in [1.165, 1.54) is 12.1 Å². The summed E-state index contributed by atoms with van der Waals surface area (Å²) in [5.41, 5.74) is 6.70. The summed E-state index contributed by atoms with van der Waals surface area (Å²) >= 11 is 0. The highest BCUT2D eigenvalue weighted by Gasteiger charge is 2.09. The standard InChI is InChI=1S/C15H16FN3O2/c1-21-11-7-5-10(6-8-11)18-15(20)19-14-4-2-3-13(16)12(14)9-17/h2-8H,9,17H2,1H3,(H2,18,19,20). The summed E-state index contributed by atoms with van der Waals surface area (Å²) in [4.78, 5) is 11.9. The Labute approximate surface area is 121 Å². The average molecular weight is 289 g/mol. The molecule has 0 bridgehead atoms. The van der Waals surface area contributed by atoms with Gasteiger partial charge in [-0.15, -0.1) is 0 Å². The zero-order chi connectivity index (χ0) is 15.2. The van der Waals surface area contributed by atoms with Crippen LogP contribution in [0.2, 0.25) is 0 Å². The van der Waals surface area contributed by atoms with E-state index in [9.17, 15) is 9.18 Å². The predicted octanol–water partition coefficient (Wildman–Crippen LogP) is 2.94. The normalized spacial score (nSPS) is 10.0. The molecule has 0 aliphatic rings. The number of urea groups is 1. The van der Waals surface area contributed by atoms with Gasteiger partial charge in [0.2, 0.25) is 0 Å². The maximum atomic E-state index is 13.5. The molecule has 2 amide bonds. The quantitative estimate of drug-likeness (QED) is 0.810. The van der Waals surface area contributed by atoms with E-state index in [1.807, 2.05) is 0 Å². The molecule has 2 aromatic carbocycles. The van der Waals surface area contributed by atoms with Crippen molar-refractivity contribution in [2.75, 3.05) is 17.7 Å². The molecule has 2 aromatic rings. The zero-order valence-electron chi connectivity index (χ0n) is 11.5. The van der Waals surface area contributed by atoms with Gasteiger partial charge in [0.05, 0.1) is 7.11 Å². The van der Waals surface area contributed by atoms with Gasteiger partial charge in [-0.3, -0.25) is 0 Å². The number of carbonyl (C=O) groups is 1. The number of ether oxygens (including phenoxy) is 1. The van der Waals surface area contributed by atoms with Gasteiger partial charge in [0.15, 0.2) is 0 Å². The van der Waals surface area contributed by atoms with Crippen LogP contribution in [0.1, 0.15) is 5.56 Å². The van der Waals surface area contributed by atoms with Crippen LogP contribution in [0.5, 0.6) is 5.75 Å². The van der Waals surface area contributed by atoms with Crippen LogP contribution < -0.4 is 21.1 Å². The molecule has 4 N–H and O–H groups in total. The molecule has 0 heterocycles. The summed E-state index contributed by atoms with van der Waals surface area (Å²) in [6.45, 7) is 0.00478. The third kappa shape index (κ3) is 3.70. The van der Waals surface area contributed by atoms with E-state index in [0.29, 0.717) is 17.1 Å². The number of hydrogen-bond donors (Lipinski definition) is 3. The Morgan fingerprint density at radius 2 is 1.90 bits per heavy atom. The number of nitrogens with two attached hydrogens (primary N) is 1. The van der Waals surface area contributed by atoms with Crippen molar-refractivity contribution in [3.05, 3.63) is 53.8 Å². The summed E-state index contributed by atoms with van der Waals surface area (Å²) < 4.78 is 18.6. The summed E-state index contributed by atoms with van der Waals surface area (Å²) in [5, 5.41) is 5.22.